The Bertz CT molecular complexity index is 455. The number of rotatable bonds is 3. The van der Waals surface area contributed by atoms with Gasteiger partial charge >= 0.3 is 0 Å². The van der Waals surface area contributed by atoms with E-state index in [1.807, 2.05) is 13.0 Å². The van der Waals surface area contributed by atoms with Gasteiger partial charge in [0, 0.05) is 18.1 Å². The van der Waals surface area contributed by atoms with E-state index < -0.39 is 0 Å². The maximum atomic E-state index is 12.8. The summed E-state index contributed by atoms with van der Waals surface area (Å²) in [6, 6.07) is 6.49. The molecule has 0 bridgehead atoms. The number of halogens is 1. The average Bonchev–Trinajstić information content (AvgIpc) is 2.62. The van der Waals surface area contributed by atoms with E-state index in [1.54, 1.807) is 6.07 Å². The van der Waals surface area contributed by atoms with Crippen molar-refractivity contribution in [3.8, 4) is 0 Å². The quantitative estimate of drug-likeness (QED) is 0.869. The normalized spacial score (nSPS) is 10.3. The van der Waals surface area contributed by atoms with Crippen molar-refractivity contribution in [2.24, 2.45) is 0 Å². The lowest BCUT2D eigenvalue weighted by atomic mass is 10.2. The summed E-state index contributed by atoms with van der Waals surface area (Å²) >= 11 is 1.31. The zero-order valence-corrected chi connectivity index (χ0v) is 9.01. The molecule has 0 radical (unpaired) electrons. The van der Waals surface area contributed by atoms with E-state index in [4.69, 9.17) is 0 Å². The first kappa shape index (κ1) is 10.0. The summed E-state index contributed by atoms with van der Waals surface area (Å²) in [5.41, 5.74) is 0.892. The molecular formula is C10H10FN3S. The fraction of sp³-hybridized carbons (Fsp3) is 0.200. The van der Waals surface area contributed by atoms with Crippen molar-refractivity contribution in [3.05, 3.63) is 41.5 Å². The second-order valence-electron chi connectivity index (χ2n) is 3.13. The van der Waals surface area contributed by atoms with Crippen LogP contribution < -0.4 is 5.32 Å². The molecule has 1 aromatic heterocycles. The molecular weight excluding hydrogens is 213 g/mol. The van der Waals surface area contributed by atoms with E-state index in [-0.39, 0.29) is 5.82 Å². The maximum absolute atomic E-state index is 12.8. The van der Waals surface area contributed by atoms with Gasteiger partial charge in [-0.05, 0) is 24.6 Å². The Balaban J connectivity index is 1.99. The Morgan fingerprint density at radius 3 is 3.00 bits per heavy atom. The van der Waals surface area contributed by atoms with Crippen molar-refractivity contribution in [2.75, 3.05) is 5.32 Å². The van der Waals surface area contributed by atoms with Crippen LogP contribution in [0.1, 0.15) is 11.4 Å². The molecule has 2 rings (SSSR count). The van der Waals surface area contributed by atoms with Gasteiger partial charge in [0.2, 0.25) is 5.13 Å². The Morgan fingerprint density at radius 1 is 1.47 bits per heavy atom. The molecule has 0 aliphatic heterocycles. The van der Waals surface area contributed by atoms with Crippen molar-refractivity contribution < 1.29 is 4.39 Å². The largest absolute Gasteiger partial charge is 0.356 e. The lowest BCUT2D eigenvalue weighted by molar-refractivity contribution is 0.626. The third kappa shape index (κ3) is 2.73. The number of aromatic nitrogens is 2. The average molecular weight is 223 g/mol. The fourth-order valence-corrected chi connectivity index (χ4v) is 1.76. The highest BCUT2D eigenvalue weighted by Crippen LogP contribution is 2.12. The molecule has 5 heteroatoms. The minimum Gasteiger partial charge on any atom is -0.356 e. The van der Waals surface area contributed by atoms with Crippen LogP contribution >= 0.6 is 11.5 Å². The number of hydrogen-bond donors (Lipinski definition) is 1. The molecule has 2 aromatic rings. The summed E-state index contributed by atoms with van der Waals surface area (Å²) in [6.07, 6.45) is 0. The van der Waals surface area contributed by atoms with Crippen LogP contribution in [0.15, 0.2) is 24.3 Å². The molecule has 0 fully saturated rings. The Morgan fingerprint density at radius 2 is 2.33 bits per heavy atom. The Kier molecular flexibility index (Phi) is 2.91. The molecule has 1 heterocycles. The third-order valence-electron chi connectivity index (χ3n) is 1.86. The Labute approximate surface area is 91.2 Å². The van der Waals surface area contributed by atoms with Gasteiger partial charge in [0.25, 0.3) is 0 Å². The first-order chi connectivity index (χ1) is 7.24. The summed E-state index contributed by atoms with van der Waals surface area (Å²) in [6.45, 7) is 2.40. The summed E-state index contributed by atoms with van der Waals surface area (Å²) < 4.78 is 16.9. The number of aryl methyl sites for hydroxylation is 1. The molecule has 0 unspecified atom stereocenters. The second kappa shape index (κ2) is 4.35. The van der Waals surface area contributed by atoms with Gasteiger partial charge in [0.15, 0.2) is 0 Å². The van der Waals surface area contributed by atoms with Crippen LogP contribution in [0, 0.1) is 12.7 Å². The smallest absolute Gasteiger partial charge is 0.202 e. The van der Waals surface area contributed by atoms with Crippen molar-refractivity contribution in [1.82, 2.24) is 9.36 Å². The number of hydrogen-bond acceptors (Lipinski definition) is 4. The SMILES string of the molecule is Cc1nsc(NCc2cccc(F)c2)n1. The molecule has 3 nitrogen and oxygen atoms in total. The van der Waals surface area contributed by atoms with Gasteiger partial charge in [-0.1, -0.05) is 12.1 Å². The second-order valence-corrected chi connectivity index (χ2v) is 3.88. The van der Waals surface area contributed by atoms with Gasteiger partial charge in [-0.3, -0.25) is 0 Å². The van der Waals surface area contributed by atoms with Gasteiger partial charge in [-0.2, -0.15) is 4.37 Å². The van der Waals surface area contributed by atoms with Gasteiger partial charge in [-0.25, -0.2) is 9.37 Å². The zero-order valence-electron chi connectivity index (χ0n) is 8.20. The zero-order chi connectivity index (χ0) is 10.7. The van der Waals surface area contributed by atoms with Crippen molar-refractivity contribution >= 4 is 16.7 Å². The van der Waals surface area contributed by atoms with Crippen molar-refractivity contribution in [1.29, 1.82) is 0 Å². The summed E-state index contributed by atoms with van der Waals surface area (Å²) in [5.74, 6) is 0.532. The van der Waals surface area contributed by atoms with E-state index in [9.17, 15) is 4.39 Å². The van der Waals surface area contributed by atoms with Gasteiger partial charge in [-0.15, -0.1) is 0 Å². The topological polar surface area (TPSA) is 37.8 Å². The first-order valence-electron chi connectivity index (χ1n) is 4.52. The maximum Gasteiger partial charge on any atom is 0.202 e. The Hall–Kier alpha value is -1.49. The van der Waals surface area contributed by atoms with Crippen molar-refractivity contribution in [3.63, 3.8) is 0 Å². The summed E-state index contributed by atoms with van der Waals surface area (Å²) in [4.78, 5) is 4.15. The van der Waals surface area contributed by atoms with Crippen molar-refractivity contribution in [2.45, 2.75) is 13.5 Å². The van der Waals surface area contributed by atoms with E-state index >= 15 is 0 Å². The highest BCUT2D eigenvalue weighted by molar-refractivity contribution is 7.09. The molecule has 0 aliphatic carbocycles. The van der Waals surface area contributed by atoms with E-state index in [1.165, 1.54) is 23.7 Å². The number of benzene rings is 1. The highest BCUT2D eigenvalue weighted by Gasteiger charge is 1.99. The van der Waals surface area contributed by atoms with Gasteiger partial charge in [0.05, 0.1) is 0 Å². The summed E-state index contributed by atoms with van der Waals surface area (Å²) in [7, 11) is 0. The molecule has 78 valence electrons. The minimum absolute atomic E-state index is 0.220. The molecule has 1 N–H and O–H groups in total. The van der Waals surface area contributed by atoms with E-state index in [0.29, 0.717) is 6.54 Å². The monoisotopic (exact) mass is 223 g/mol. The predicted molar refractivity (Wildman–Crippen MR) is 58.4 cm³/mol. The van der Waals surface area contributed by atoms with Crippen LogP contribution in [-0.4, -0.2) is 9.36 Å². The van der Waals surface area contributed by atoms with Crippen LogP contribution in [0.2, 0.25) is 0 Å². The summed E-state index contributed by atoms with van der Waals surface area (Å²) in [5, 5.41) is 3.85. The molecule has 0 aliphatic rings. The van der Waals surface area contributed by atoms with E-state index in [2.05, 4.69) is 14.7 Å². The van der Waals surface area contributed by atoms with Gasteiger partial charge in [0.1, 0.15) is 11.6 Å². The number of nitrogens with zero attached hydrogens (tertiary/aromatic N) is 2. The molecule has 0 saturated heterocycles. The predicted octanol–water partition coefficient (Wildman–Crippen LogP) is 2.60. The number of nitrogens with one attached hydrogen (secondary N) is 1. The molecule has 0 atom stereocenters. The molecule has 0 spiro atoms. The molecule has 1 aromatic carbocycles. The van der Waals surface area contributed by atoms with Crippen LogP contribution in [0.3, 0.4) is 0 Å². The third-order valence-corrected chi connectivity index (χ3v) is 2.62. The molecule has 0 amide bonds. The standard InChI is InChI=1S/C10H10FN3S/c1-7-13-10(15-14-7)12-6-8-3-2-4-9(11)5-8/h2-5H,6H2,1H3,(H,12,13,14). The first-order valence-corrected chi connectivity index (χ1v) is 5.30. The fourth-order valence-electron chi connectivity index (χ4n) is 1.19. The molecule has 0 saturated carbocycles. The number of anilines is 1. The highest BCUT2D eigenvalue weighted by atomic mass is 32.1. The lowest BCUT2D eigenvalue weighted by Gasteiger charge is -2.01. The molecule has 15 heavy (non-hydrogen) atoms. The van der Waals surface area contributed by atoms with Crippen LogP contribution in [0.4, 0.5) is 9.52 Å². The van der Waals surface area contributed by atoms with Crippen LogP contribution in [0.5, 0.6) is 0 Å². The van der Waals surface area contributed by atoms with E-state index in [0.717, 1.165) is 16.5 Å². The van der Waals surface area contributed by atoms with Crippen LogP contribution in [-0.2, 0) is 6.54 Å². The minimum atomic E-state index is -0.220. The van der Waals surface area contributed by atoms with Gasteiger partial charge < -0.3 is 5.32 Å². The lowest BCUT2D eigenvalue weighted by Crippen LogP contribution is -1.99. The van der Waals surface area contributed by atoms with Crippen LogP contribution in [0.25, 0.3) is 0 Å².